The lowest BCUT2D eigenvalue weighted by atomic mass is 10.1. The summed E-state index contributed by atoms with van der Waals surface area (Å²) < 4.78 is 10.6. The van der Waals surface area contributed by atoms with Crippen LogP contribution in [-0.2, 0) is 22.6 Å². The summed E-state index contributed by atoms with van der Waals surface area (Å²) in [7, 11) is 3.19. The Bertz CT molecular complexity index is 864. The molecule has 2 aromatic rings. The van der Waals surface area contributed by atoms with Gasteiger partial charge in [-0.15, -0.1) is 0 Å². The van der Waals surface area contributed by atoms with Gasteiger partial charge in [0, 0.05) is 19.5 Å². The molecule has 2 aromatic carbocycles. The Labute approximate surface area is 185 Å². The lowest BCUT2D eigenvalue weighted by molar-refractivity contribution is -0.141. The molecule has 0 fully saturated rings. The van der Waals surface area contributed by atoms with Crippen LogP contribution >= 0.6 is 0 Å². The van der Waals surface area contributed by atoms with Gasteiger partial charge in [0.15, 0.2) is 11.5 Å². The molecule has 0 bridgehead atoms. The Balaban J connectivity index is 2.20. The molecule has 0 heterocycles. The normalized spacial score (nSPS) is 11.5. The van der Waals surface area contributed by atoms with E-state index in [9.17, 15) is 9.59 Å². The van der Waals surface area contributed by atoms with Crippen LogP contribution in [0.1, 0.15) is 43.4 Å². The first-order valence-corrected chi connectivity index (χ1v) is 10.8. The second-order valence-corrected chi connectivity index (χ2v) is 7.52. The minimum Gasteiger partial charge on any atom is -0.493 e. The van der Waals surface area contributed by atoms with E-state index in [-0.39, 0.29) is 11.8 Å². The number of ether oxygens (including phenoxy) is 2. The molecule has 0 saturated carbocycles. The molecular formula is C25H34N2O4. The van der Waals surface area contributed by atoms with Gasteiger partial charge in [0.25, 0.3) is 0 Å². The molecule has 0 spiro atoms. The fourth-order valence-electron chi connectivity index (χ4n) is 3.53. The second-order valence-electron chi connectivity index (χ2n) is 7.52. The number of amides is 2. The SMILES string of the molecule is CCNC(=O)C(CC)N(Cc1ccc(C)cc1)C(=O)CCc1ccc(OC)c(OC)c1. The molecule has 1 N–H and O–H groups in total. The van der Waals surface area contributed by atoms with E-state index in [4.69, 9.17) is 9.47 Å². The molecule has 0 aliphatic rings. The van der Waals surface area contributed by atoms with Gasteiger partial charge in [0.05, 0.1) is 14.2 Å². The molecular weight excluding hydrogens is 392 g/mol. The number of hydrogen-bond acceptors (Lipinski definition) is 4. The summed E-state index contributed by atoms with van der Waals surface area (Å²) in [6.45, 7) is 6.78. The van der Waals surface area contributed by atoms with Crippen LogP contribution in [0.3, 0.4) is 0 Å². The number of aryl methyl sites for hydroxylation is 2. The van der Waals surface area contributed by atoms with E-state index in [1.54, 1.807) is 19.1 Å². The van der Waals surface area contributed by atoms with Gasteiger partial charge in [-0.3, -0.25) is 9.59 Å². The zero-order valence-corrected chi connectivity index (χ0v) is 19.2. The number of nitrogens with zero attached hydrogens (tertiary/aromatic N) is 1. The van der Waals surface area contributed by atoms with Gasteiger partial charge in [0.2, 0.25) is 11.8 Å². The summed E-state index contributed by atoms with van der Waals surface area (Å²) >= 11 is 0. The maximum Gasteiger partial charge on any atom is 0.242 e. The lowest BCUT2D eigenvalue weighted by Gasteiger charge is -2.30. The standard InChI is InChI=1S/C25H34N2O4/c1-6-21(25(29)26-7-2)27(17-20-10-8-18(3)9-11-20)24(28)15-13-19-12-14-22(30-4)23(16-19)31-5/h8-12,14,16,21H,6-7,13,15,17H2,1-5H3,(H,26,29). The van der Waals surface area contributed by atoms with E-state index in [1.807, 2.05) is 63.2 Å². The molecule has 6 heteroatoms. The number of benzene rings is 2. The van der Waals surface area contributed by atoms with Crippen LogP contribution in [0.2, 0.25) is 0 Å². The minimum atomic E-state index is -0.501. The number of carbonyl (C=O) groups excluding carboxylic acids is 2. The highest BCUT2D eigenvalue weighted by atomic mass is 16.5. The maximum atomic E-state index is 13.3. The summed E-state index contributed by atoms with van der Waals surface area (Å²) in [6.07, 6.45) is 1.41. The molecule has 0 aromatic heterocycles. The summed E-state index contributed by atoms with van der Waals surface area (Å²) in [5, 5.41) is 2.87. The Kier molecular flexibility index (Phi) is 9.38. The largest absolute Gasteiger partial charge is 0.493 e. The maximum absolute atomic E-state index is 13.3. The number of nitrogens with one attached hydrogen (secondary N) is 1. The van der Waals surface area contributed by atoms with Crippen LogP contribution in [0.5, 0.6) is 11.5 Å². The number of hydrogen-bond donors (Lipinski definition) is 1. The van der Waals surface area contributed by atoms with Crippen molar-refractivity contribution in [2.24, 2.45) is 0 Å². The molecule has 0 radical (unpaired) electrons. The summed E-state index contributed by atoms with van der Waals surface area (Å²) in [4.78, 5) is 27.6. The fraction of sp³-hybridized carbons (Fsp3) is 0.440. The summed E-state index contributed by atoms with van der Waals surface area (Å²) in [5.74, 6) is 1.13. The molecule has 0 aliphatic heterocycles. The first-order valence-electron chi connectivity index (χ1n) is 10.8. The third-order valence-corrected chi connectivity index (χ3v) is 5.29. The van der Waals surface area contributed by atoms with E-state index in [0.717, 1.165) is 16.7 Å². The van der Waals surface area contributed by atoms with Gasteiger partial charge in [-0.2, -0.15) is 0 Å². The Hall–Kier alpha value is -3.02. The van der Waals surface area contributed by atoms with Crippen molar-refractivity contribution >= 4 is 11.8 Å². The minimum absolute atomic E-state index is 0.0477. The molecule has 168 valence electrons. The van der Waals surface area contributed by atoms with E-state index < -0.39 is 6.04 Å². The van der Waals surface area contributed by atoms with Crippen LogP contribution in [-0.4, -0.2) is 43.5 Å². The number of carbonyl (C=O) groups is 2. The molecule has 2 amide bonds. The number of likely N-dealkylation sites (N-methyl/N-ethyl adjacent to an activating group) is 1. The van der Waals surface area contributed by atoms with Crippen molar-refractivity contribution in [3.8, 4) is 11.5 Å². The Morgan fingerprint density at radius 2 is 1.61 bits per heavy atom. The van der Waals surface area contributed by atoms with Crippen molar-refractivity contribution in [3.05, 3.63) is 59.2 Å². The quantitative estimate of drug-likeness (QED) is 0.592. The zero-order chi connectivity index (χ0) is 22.8. The highest BCUT2D eigenvalue weighted by Crippen LogP contribution is 2.28. The van der Waals surface area contributed by atoms with Gasteiger partial charge in [-0.1, -0.05) is 42.8 Å². The third kappa shape index (κ3) is 6.74. The monoisotopic (exact) mass is 426 g/mol. The highest BCUT2D eigenvalue weighted by Gasteiger charge is 2.28. The highest BCUT2D eigenvalue weighted by molar-refractivity contribution is 5.87. The van der Waals surface area contributed by atoms with E-state index in [2.05, 4.69) is 5.32 Å². The van der Waals surface area contributed by atoms with Crippen LogP contribution in [0.25, 0.3) is 0 Å². The van der Waals surface area contributed by atoms with Crippen molar-refractivity contribution in [1.29, 1.82) is 0 Å². The smallest absolute Gasteiger partial charge is 0.242 e. The van der Waals surface area contributed by atoms with E-state index >= 15 is 0 Å². The predicted molar refractivity (Wildman–Crippen MR) is 122 cm³/mol. The van der Waals surface area contributed by atoms with Gasteiger partial charge in [-0.25, -0.2) is 0 Å². The molecule has 1 unspecified atom stereocenters. The zero-order valence-electron chi connectivity index (χ0n) is 19.2. The number of methoxy groups -OCH3 is 2. The Morgan fingerprint density at radius 3 is 2.19 bits per heavy atom. The molecule has 0 saturated heterocycles. The number of rotatable bonds is 11. The van der Waals surface area contributed by atoms with Crippen LogP contribution in [0, 0.1) is 6.92 Å². The van der Waals surface area contributed by atoms with Crippen molar-refractivity contribution in [2.75, 3.05) is 20.8 Å². The van der Waals surface area contributed by atoms with Crippen molar-refractivity contribution in [1.82, 2.24) is 10.2 Å². The average molecular weight is 427 g/mol. The lowest BCUT2D eigenvalue weighted by Crippen LogP contribution is -2.49. The van der Waals surface area contributed by atoms with Crippen LogP contribution < -0.4 is 14.8 Å². The van der Waals surface area contributed by atoms with Crippen LogP contribution in [0.4, 0.5) is 0 Å². The predicted octanol–water partition coefficient (Wildman–Crippen LogP) is 3.89. The van der Waals surface area contributed by atoms with Crippen LogP contribution in [0.15, 0.2) is 42.5 Å². The summed E-state index contributed by atoms with van der Waals surface area (Å²) in [6, 6.07) is 13.2. The first-order chi connectivity index (χ1) is 14.9. The first kappa shape index (κ1) is 24.3. The molecule has 1 atom stereocenters. The van der Waals surface area contributed by atoms with E-state index in [0.29, 0.717) is 43.9 Å². The average Bonchev–Trinajstić information content (AvgIpc) is 2.78. The molecule has 2 rings (SSSR count). The van der Waals surface area contributed by atoms with Gasteiger partial charge >= 0.3 is 0 Å². The topological polar surface area (TPSA) is 67.9 Å². The van der Waals surface area contributed by atoms with E-state index in [1.165, 1.54) is 0 Å². The summed E-state index contributed by atoms with van der Waals surface area (Å²) in [5.41, 5.74) is 3.14. The second kappa shape index (κ2) is 12.0. The molecule has 31 heavy (non-hydrogen) atoms. The molecule has 6 nitrogen and oxygen atoms in total. The van der Waals surface area contributed by atoms with Gasteiger partial charge in [-0.05, 0) is 49.9 Å². The van der Waals surface area contributed by atoms with Crippen molar-refractivity contribution < 1.29 is 19.1 Å². The Morgan fingerprint density at radius 1 is 0.968 bits per heavy atom. The van der Waals surface area contributed by atoms with Crippen molar-refractivity contribution in [2.45, 2.75) is 52.6 Å². The fourth-order valence-corrected chi connectivity index (χ4v) is 3.53. The van der Waals surface area contributed by atoms with Gasteiger partial charge < -0.3 is 19.7 Å². The molecule has 0 aliphatic carbocycles. The van der Waals surface area contributed by atoms with Crippen molar-refractivity contribution in [3.63, 3.8) is 0 Å². The van der Waals surface area contributed by atoms with Gasteiger partial charge in [0.1, 0.15) is 6.04 Å². The third-order valence-electron chi connectivity index (χ3n) is 5.29.